The zero-order valence-corrected chi connectivity index (χ0v) is 22.6. The van der Waals surface area contributed by atoms with E-state index in [9.17, 15) is 14.7 Å². The number of benzene rings is 3. The zero-order chi connectivity index (χ0) is 22.9. The van der Waals surface area contributed by atoms with Crippen LogP contribution in [0.3, 0.4) is 0 Å². The monoisotopic (exact) mass is 661 g/mol. The number of carbonyl (C=O) groups excluding carboxylic acids is 2. The van der Waals surface area contributed by atoms with E-state index in [0.29, 0.717) is 39.5 Å². The first kappa shape index (κ1) is 23.0. The molecule has 3 aromatic rings. The van der Waals surface area contributed by atoms with Gasteiger partial charge in [0.1, 0.15) is 0 Å². The van der Waals surface area contributed by atoms with Crippen LogP contribution in [0.25, 0.3) is 0 Å². The fourth-order valence-corrected chi connectivity index (χ4v) is 6.74. The second kappa shape index (κ2) is 9.36. The van der Waals surface area contributed by atoms with Crippen molar-refractivity contribution in [2.24, 2.45) is 0 Å². The molecule has 1 unspecified atom stereocenters. The van der Waals surface area contributed by atoms with Crippen molar-refractivity contribution in [3.05, 3.63) is 82.9 Å². The Labute approximate surface area is 206 Å². The maximum atomic E-state index is 12.7. The van der Waals surface area contributed by atoms with Gasteiger partial charge in [-0.1, -0.05) is 19.9 Å². The summed E-state index contributed by atoms with van der Waals surface area (Å²) in [5.41, 5.74) is 1.17. The van der Waals surface area contributed by atoms with Crippen molar-refractivity contribution < 1.29 is 28.9 Å². The van der Waals surface area contributed by atoms with Crippen molar-refractivity contribution in [1.82, 2.24) is 0 Å². The second-order valence-corrected chi connectivity index (χ2v) is 14.1. The molecule has 0 aromatic heterocycles. The maximum absolute atomic E-state index is 12.7. The van der Waals surface area contributed by atoms with Gasteiger partial charge in [-0.3, -0.25) is 0 Å². The number of phenolic OH excluding ortho intramolecular Hbond substituents is 1. The van der Waals surface area contributed by atoms with Crippen LogP contribution in [0.2, 0.25) is 0 Å². The van der Waals surface area contributed by atoms with Crippen LogP contribution in [0.1, 0.15) is 40.9 Å². The number of fused-ring (bicyclic) bond motifs is 6. The van der Waals surface area contributed by atoms with Gasteiger partial charge in [0, 0.05) is 0 Å². The molecule has 0 amide bonds. The molecular weight excluding hydrogens is 644 g/mol. The molecular formula is C23H17O6PbS2. The Bertz CT molecular complexity index is 1210. The Morgan fingerprint density at radius 2 is 1.69 bits per heavy atom. The molecule has 161 valence electrons. The second-order valence-electron chi connectivity index (χ2n) is 6.58. The van der Waals surface area contributed by atoms with E-state index in [1.807, 2.05) is 26.0 Å². The summed E-state index contributed by atoms with van der Waals surface area (Å²) in [7, 11) is 2.46. The Morgan fingerprint density at radius 3 is 2.44 bits per heavy atom. The summed E-state index contributed by atoms with van der Waals surface area (Å²) in [6.07, 6.45) is 0. The molecule has 1 atom stereocenters. The predicted octanol–water partition coefficient (Wildman–Crippen LogP) is 5.95. The standard InChI is InChI=1S/C21H12O6S2.C2H6.Pb/c22-11-5-7-15-17(9-11)26-18-10-12(25-20(24)29-28)6-8-16(18)21(15)14-4-2-1-3-13(14)19(23)27-21;1-2;/h1-10,22,28H;1-2H3;/q;;+1/p-1. The van der Waals surface area contributed by atoms with E-state index in [1.165, 1.54) is 19.5 Å². The fraction of sp³-hybridized carbons (Fsp3) is 0.130. The molecule has 0 bridgehead atoms. The minimum absolute atomic E-state index is 0.0214. The van der Waals surface area contributed by atoms with Crippen molar-refractivity contribution in [2.45, 2.75) is 19.4 Å². The van der Waals surface area contributed by atoms with Crippen LogP contribution in [0.15, 0.2) is 60.7 Å². The first-order chi connectivity index (χ1) is 15.5. The zero-order valence-electron chi connectivity index (χ0n) is 17.1. The number of esters is 1. The third-order valence-corrected chi connectivity index (χ3v) is 8.86. The van der Waals surface area contributed by atoms with Gasteiger partial charge in [-0.05, 0) is 0 Å². The van der Waals surface area contributed by atoms with Gasteiger partial charge < -0.3 is 0 Å². The average molecular weight is 661 g/mol. The molecule has 32 heavy (non-hydrogen) atoms. The average Bonchev–Trinajstić information content (AvgIpc) is 3.08. The van der Waals surface area contributed by atoms with Crippen LogP contribution >= 0.6 is 18.1 Å². The van der Waals surface area contributed by atoms with Crippen LogP contribution in [0, 0.1) is 0 Å². The molecule has 2 aliphatic rings. The quantitative estimate of drug-likeness (QED) is 0.205. The Balaban J connectivity index is 0.00000119. The number of hydrogen-bond donors (Lipinski definition) is 1. The third kappa shape index (κ3) is 3.77. The van der Waals surface area contributed by atoms with E-state index in [2.05, 4.69) is 0 Å². The van der Waals surface area contributed by atoms with E-state index >= 15 is 0 Å². The van der Waals surface area contributed by atoms with E-state index in [1.54, 1.807) is 36.4 Å². The number of aromatic hydroxyl groups is 1. The summed E-state index contributed by atoms with van der Waals surface area (Å²) in [6.45, 7) is 4.00. The molecule has 6 nitrogen and oxygen atoms in total. The SMILES string of the molecule is CC.O=C(Oc1ccc2c(c1)Oc1cc(O)ccc1C21OC(=O)c2ccccc21)S[S][Pb]. The third-order valence-electron chi connectivity index (χ3n) is 4.98. The molecule has 1 spiro atoms. The number of ether oxygens (including phenoxy) is 3. The summed E-state index contributed by atoms with van der Waals surface area (Å²) in [5, 5.41) is 9.57. The molecule has 0 saturated carbocycles. The topological polar surface area (TPSA) is 82.1 Å². The van der Waals surface area contributed by atoms with Gasteiger partial charge in [0.2, 0.25) is 0 Å². The first-order valence-electron chi connectivity index (χ1n) is 9.73. The Morgan fingerprint density at radius 1 is 1.00 bits per heavy atom. The summed E-state index contributed by atoms with van der Waals surface area (Å²) in [5.74, 6) is 0.645. The molecule has 2 heterocycles. The predicted molar refractivity (Wildman–Crippen MR) is 125 cm³/mol. The minimum atomic E-state index is -1.22. The van der Waals surface area contributed by atoms with Crippen molar-refractivity contribution >= 4 is 53.7 Å². The summed E-state index contributed by atoms with van der Waals surface area (Å²) in [4.78, 5) is 24.6. The molecule has 3 radical (unpaired) electrons. The van der Waals surface area contributed by atoms with Gasteiger partial charge in [0.05, 0.1) is 0 Å². The van der Waals surface area contributed by atoms with Crippen LogP contribution < -0.4 is 9.47 Å². The molecule has 0 fully saturated rings. The van der Waals surface area contributed by atoms with Crippen LogP contribution in [0.5, 0.6) is 23.0 Å². The van der Waals surface area contributed by atoms with E-state index in [4.69, 9.17) is 14.2 Å². The van der Waals surface area contributed by atoms with Gasteiger partial charge >= 0.3 is 188 Å². The normalized spacial score (nSPS) is 17.2. The van der Waals surface area contributed by atoms with Crippen LogP contribution in [-0.2, 0) is 10.3 Å². The summed E-state index contributed by atoms with van der Waals surface area (Å²) >= 11 is 0.806. The van der Waals surface area contributed by atoms with Crippen molar-refractivity contribution in [3.63, 3.8) is 0 Å². The van der Waals surface area contributed by atoms with Gasteiger partial charge in [-0.15, -0.1) is 0 Å². The first-order valence-corrected chi connectivity index (χ1v) is 16.6. The van der Waals surface area contributed by atoms with Crippen LogP contribution in [0.4, 0.5) is 4.79 Å². The van der Waals surface area contributed by atoms with E-state index in [0.717, 1.165) is 35.1 Å². The molecule has 1 N–H and O–H groups in total. The Hall–Kier alpha value is -2.18. The Kier molecular flexibility index (Phi) is 6.73. The molecule has 0 aliphatic carbocycles. The van der Waals surface area contributed by atoms with Crippen molar-refractivity contribution in [1.29, 1.82) is 0 Å². The van der Waals surface area contributed by atoms with Gasteiger partial charge in [0.15, 0.2) is 0 Å². The number of hydrogen-bond acceptors (Lipinski definition) is 8. The molecule has 0 saturated heterocycles. The van der Waals surface area contributed by atoms with Crippen LogP contribution in [-0.4, -0.2) is 40.6 Å². The van der Waals surface area contributed by atoms with Gasteiger partial charge in [-0.2, -0.15) is 0 Å². The molecule has 9 heteroatoms. The molecule has 3 aromatic carbocycles. The summed E-state index contributed by atoms with van der Waals surface area (Å²) in [6, 6.07) is 16.9. The molecule has 5 rings (SSSR count). The number of phenols is 1. The van der Waals surface area contributed by atoms with Gasteiger partial charge in [-0.25, -0.2) is 0 Å². The fourth-order valence-electron chi connectivity index (χ4n) is 3.86. The number of carbonyl (C=O) groups is 2. The van der Waals surface area contributed by atoms with E-state index in [-0.39, 0.29) is 5.75 Å². The summed E-state index contributed by atoms with van der Waals surface area (Å²) < 4.78 is 17.4. The van der Waals surface area contributed by atoms with Gasteiger partial charge in [0.25, 0.3) is 0 Å². The van der Waals surface area contributed by atoms with Crippen molar-refractivity contribution in [2.75, 3.05) is 0 Å². The molecule has 2 aliphatic heterocycles. The van der Waals surface area contributed by atoms with Crippen molar-refractivity contribution in [3.8, 4) is 23.0 Å². The van der Waals surface area contributed by atoms with E-state index < -0.39 is 16.9 Å². The number of rotatable bonds is 2.